The Morgan fingerprint density at radius 3 is 3.00 bits per heavy atom. The molecule has 6 heteroatoms. The van der Waals surface area contributed by atoms with Gasteiger partial charge in [0.25, 0.3) is 5.56 Å². The summed E-state index contributed by atoms with van der Waals surface area (Å²) in [6, 6.07) is 3.96. The predicted molar refractivity (Wildman–Crippen MR) is 60.6 cm³/mol. The Kier molecular flexibility index (Phi) is 2.28. The standard InChI is InChI=1S/C11H13N5O/c1-8-4-5-15(11(17)6-8)7-10-12-13-14-16(10)9-2-3-9/h4-6,9H,2-3,7H2,1H3. The fourth-order valence-electron chi connectivity index (χ4n) is 1.81. The highest BCUT2D eigenvalue weighted by molar-refractivity contribution is 5.08. The molecule has 2 heterocycles. The first-order valence-corrected chi connectivity index (χ1v) is 5.68. The van der Waals surface area contributed by atoms with Crippen LogP contribution in [0.5, 0.6) is 0 Å². The summed E-state index contributed by atoms with van der Waals surface area (Å²) in [5.41, 5.74) is 0.948. The third-order valence-electron chi connectivity index (χ3n) is 2.92. The zero-order chi connectivity index (χ0) is 11.8. The van der Waals surface area contributed by atoms with Gasteiger partial charge in [-0.2, -0.15) is 0 Å². The third-order valence-corrected chi connectivity index (χ3v) is 2.92. The lowest BCUT2D eigenvalue weighted by atomic mass is 10.3. The van der Waals surface area contributed by atoms with E-state index in [1.165, 1.54) is 0 Å². The molecule has 2 aromatic rings. The molecule has 0 unspecified atom stereocenters. The van der Waals surface area contributed by atoms with Crippen molar-refractivity contribution in [1.29, 1.82) is 0 Å². The number of tetrazole rings is 1. The van der Waals surface area contributed by atoms with Gasteiger partial charge in [-0.05, 0) is 41.8 Å². The Balaban J connectivity index is 1.91. The lowest BCUT2D eigenvalue weighted by Crippen LogP contribution is -2.21. The van der Waals surface area contributed by atoms with Crippen LogP contribution in [0, 0.1) is 6.92 Å². The normalized spacial score (nSPS) is 15.1. The van der Waals surface area contributed by atoms with Crippen molar-refractivity contribution >= 4 is 0 Å². The molecule has 1 fully saturated rings. The number of aryl methyl sites for hydroxylation is 1. The molecule has 6 nitrogen and oxygen atoms in total. The summed E-state index contributed by atoms with van der Waals surface area (Å²) in [5.74, 6) is 0.749. The lowest BCUT2D eigenvalue weighted by molar-refractivity contribution is 0.562. The molecule has 0 N–H and O–H groups in total. The van der Waals surface area contributed by atoms with Crippen LogP contribution in [0.2, 0.25) is 0 Å². The molecule has 1 aliphatic carbocycles. The van der Waals surface area contributed by atoms with Crippen molar-refractivity contribution < 1.29 is 0 Å². The van der Waals surface area contributed by atoms with E-state index in [0.29, 0.717) is 12.6 Å². The molecule has 0 saturated heterocycles. The van der Waals surface area contributed by atoms with Gasteiger partial charge in [0.2, 0.25) is 0 Å². The van der Waals surface area contributed by atoms with Gasteiger partial charge in [-0.3, -0.25) is 4.79 Å². The van der Waals surface area contributed by atoms with E-state index >= 15 is 0 Å². The second-order valence-electron chi connectivity index (χ2n) is 4.44. The van der Waals surface area contributed by atoms with Crippen LogP contribution in [-0.4, -0.2) is 24.8 Å². The molecule has 0 spiro atoms. The van der Waals surface area contributed by atoms with Gasteiger partial charge in [0.1, 0.15) is 0 Å². The molecule has 2 aromatic heterocycles. The summed E-state index contributed by atoms with van der Waals surface area (Å²) in [6.07, 6.45) is 4.03. The molecule has 0 aliphatic heterocycles. The summed E-state index contributed by atoms with van der Waals surface area (Å²) in [4.78, 5) is 11.7. The Morgan fingerprint density at radius 1 is 1.47 bits per heavy atom. The van der Waals surface area contributed by atoms with E-state index < -0.39 is 0 Å². The van der Waals surface area contributed by atoms with Crippen LogP contribution in [-0.2, 0) is 6.54 Å². The van der Waals surface area contributed by atoms with Gasteiger partial charge in [-0.1, -0.05) is 0 Å². The third kappa shape index (κ3) is 1.98. The Bertz CT molecular complexity index is 596. The minimum Gasteiger partial charge on any atom is -0.308 e. The largest absolute Gasteiger partial charge is 0.308 e. The molecule has 1 aliphatic rings. The van der Waals surface area contributed by atoms with Gasteiger partial charge in [0.05, 0.1) is 12.6 Å². The minimum atomic E-state index is -0.0182. The van der Waals surface area contributed by atoms with Crippen LogP contribution < -0.4 is 5.56 Å². The second kappa shape index (κ2) is 3.80. The molecule has 17 heavy (non-hydrogen) atoms. The van der Waals surface area contributed by atoms with E-state index in [2.05, 4.69) is 15.5 Å². The molecule has 88 valence electrons. The van der Waals surface area contributed by atoms with E-state index in [1.54, 1.807) is 16.8 Å². The van der Waals surface area contributed by atoms with Crippen LogP contribution in [0.1, 0.15) is 30.3 Å². The van der Waals surface area contributed by atoms with E-state index in [-0.39, 0.29) is 5.56 Å². The van der Waals surface area contributed by atoms with Crippen LogP contribution in [0.15, 0.2) is 23.1 Å². The first-order chi connectivity index (χ1) is 8.24. The van der Waals surface area contributed by atoms with Crippen molar-refractivity contribution in [2.75, 3.05) is 0 Å². The maximum Gasteiger partial charge on any atom is 0.251 e. The Hall–Kier alpha value is -1.98. The van der Waals surface area contributed by atoms with E-state index in [0.717, 1.165) is 24.2 Å². The first-order valence-electron chi connectivity index (χ1n) is 5.68. The quantitative estimate of drug-likeness (QED) is 0.772. The highest BCUT2D eigenvalue weighted by Gasteiger charge is 2.27. The first kappa shape index (κ1) is 10.2. The van der Waals surface area contributed by atoms with E-state index in [4.69, 9.17) is 0 Å². The monoisotopic (exact) mass is 231 g/mol. The predicted octanol–water partition coefficient (Wildman–Crippen LogP) is 0.526. The Labute approximate surface area is 97.9 Å². The molecule has 0 radical (unpaired) electrons. The number of hydrogen-bond donors (Lipinski definition) is 0. The molecular weight excluding hydrogens is 218 g/mol. The Morgan fingerprint density at radius 2 is 2.29 bits per heavy atom. The smallest absolute Gasteiger partial charge is 0.251 e. The summed E-state index contributed by atoms with van der Waals surface area (Å²) in [7, 11) is 0. The average molecular weight is 231 g/mol. The van der Waals surface area contributed by atoms with Crippen LogP contribution in [0.3, 0.4) is 0 Å². The topological polar surface area (TPSA) is 65.6 Å². The molecule has 1 saturated carbocycles. The zero-order valence-electron chi connectivity index (χ0n) is 9.58. The van der Waals surface area contributed by atoms with Crippen molar-refractivity contribution in [1.82, 2.24) is 24.8 Å². The molecular formula is C11H13N5O. The molecule has 3 rings (SSSR count). The summed E-state index contributed by atoms with van der Waals surface area (Å²) in [5, 5.41) is 11.6. The minimum absolute atomic E-state index is 0.0182. The molecule has 0 atom stereocenters. The highest BCUT2D eigenvalue weighted by Crippen LogP contribution is 2.34. The van der Waals surface area contributed by atoms with Gasteiger partial charge < -0.3 is 4.57 Å². The summed E-state index contributed by atoms with van der Waals surface area (Å²) >= 11 is 0. The fourth-order valence-corrected chi connectivity index (χ4v) is 1.81. The van der Waals surface area contributed by atoms with Crippen molar-refractivity contribution in [2.24, 2.45) is 0 Å². The van der Waals surface area contributed by atoms with Crippen molar-refractivity contribution in [3.63, 3.8) is 0 Å². The zero-order valence-corrected chi connectivity index (χ0v) is 9.58. The van der Waals surface area contributed by atoms with Crippen molar-refractivity contribution in [2.45, 2.75) is 32.4 Å². The van der Waals surface area contributed by atoms with Crippen LogP contribution in [0.4, 0.5) is 0 Å². The average Bonchev–Trinajstić information content (AvgIpc) is 3.03. The number of hydrogen-bond acceptors (Lipinski definition) is 4. The second-order valence-corrected chi connectivity index (χ2v) is 4.44. The summed E-state index contributed by atoms with van der Waals surface area (Å²) in [6.45, 7) is 2.34. The van der Waals surface area contributed by atoms with E-state index in [9.17, 15) is 4.79 Å². The highest BCUT2D eigenvalue weighted by atomic mass is 16.1. The maximum absolute atomic E-state index is 11.7. The van der Waals surface area contributed by atoms with Gasteiger partial charge in [0, 0.05) is 12.3 Å². The lowest BCUT2D eigenvalue weighted by Gasteiger charge is -2.05. The number of aromatic nitrogens is 5. The summed E-state index contributed by atoms with van der Waals surface area (Å²) < 4.78 is 3.45. The van der Waals surface area contributed by atoms with Crippen LogP contribution in [0.25, 0.3) is 0 Å². The number of pyridine rings is 1. The molecule has 0 amide bonds. The van der Waals surface area contributed by atoms with Gasteiger partial charge in [-0.15, -0.1) is 5.10 Å². The van der Waals surface area contributed by atoms with Gasteiger partial charge >= 0.3 is 0 Å². The molecule has 0 aromatic carbocycles. The van der Waals surface area contributed by atoms with Gasteiger partial charge in [0.15, 0.2) is 5.82 Å². The molecule has 0 bridgehead atoms. The fraction of sp³-hybridized carbons (Fsp3) is 0.455. The van der Waals surface area contributed by atoms with Crippen molar-refractivity contribution in [3.05, 3.63) is 40.1 Å². The van der Waals surface area contributed by atoms with Crippen molar-refractivity contribution in [3.8, 4) is 0 Å². The van der Waals surface area contributed by atoms with Gasteiger partial charge in [-0.25, -0.2) is 4.68 Å². The van der Waals surface area contributed by atoms with Crippen LogP contribution >= 0.6 is 0 Å². The SMILES string of the molecule is Cc1ccn(Cc2nnnn2C2CC2)c(=O)c1. The number of rotatable bonds is 3. The van der Waals surface area contributed by atoms with E-state index in [1.807, 2.05) is 17.7 Å². The number of nitrogens with zero attached hydrogens (tertiary/aromatic N) is 5. The maximum atomic E-state index is 11.7.